The Balaban J connectivity index is 2.74. The van der Waals surface area contributed by atoms with Crippen molar-refractivity contribution >= 4 is 5.97 Å². The number of aliphatic carboxylic acids is 1. The van der Waals surface area contributed by atoms with Crippen LogP contribution in [0, 0.1) is 0 Å². The molecule has 1 aromatic carbocycles. The van der Waals surface area contributed by atoms with Crippen LogP contribution < -0.4 is 4.74 Å². The third-order valence-electron chi connectivity index (χ3n) is 2.40. The second-order valence-electron chi connectivity index (χ2n) is 3.71. The lowest BCUT2D eigenvalue weighted by Gasteiger charge is -2.15. The molecule has 0 aliphatic heterocycles. The average Bonchev–Trinajstić information content (AvgIpc) is 2.34. The molecule has 0 spiro atoms. The molecule has 0 aliphatic carbocycles. The minimum absolute atomic E-state index is 0.319. The molecule has 17 heavy (non-hydrogen) atoms. The molecule has 0 heterocycles. The Bertz CT molecular complexity index is 362. The zero-order chi connectivity index (χ0) is 12.7. The molecule has 4 nitrogen and oxygen atoms in total. The maximum absolute atomic E-state index is 11.0. The first kappa shape index (κ1) is 13.5. The topological polar surface area (TPSA) is 55.8 Å². The van der Waals surface area contributed by atoms with Crippen LogP contribution in [0.3, 0.4) is 0 Å². The fourth-order valence-corrected chi connectivity index (χ4v) is 1.55. The molecule has 0 aromatic heterocycles. The highest BCUT2D eigenvalue weighted by Crippen LogP contribution is 2.19. The first-order valence-corrected chi connectivity index (χ1v) is 5.65. The second-order valence-corrected chi connectivity index (χ2v) is 3.71. The second kappa shape index (κ2) is 6.91. The minimum Gasteiger partial charge on any atom is -0.496 e. The average molecular weight is 238 g/mol. The van der Waals surface area contributed by atoms with Gasteiger partial charge in [0.1, 0.15) is 5.75 Å². The number of rotatable bonds is 7. The third kappa shape index (κ3) is 4.07. The van der Waals surface area contributed by atoms with E-state index in [4.69, 9.17) is 14.6 Å². The number of hydrogen-bond acceptors (Lipinski definition) is 3. The summed E-state index contributed by atoms with van der Waals surface area (Å²) in [5, 5.41) is 9.06. The van der Waals surface area contributed by atoms with Gasteiger partial charge in [0, 0.05) is 13.0 Å². The first-order chi connectivity index (χ1) is 8.19. The molecule has 0 aliphatic rings. The smallest absolute Gasteiger partial charge is 0.333 e. The third-order valence-corrected chi connectivity index (χ3v) is 2.40. The quantitative estimate of drug-likeness (QED) is 0.790. The highest BCUT2D eigenvalue weighted by molar-refractivity contribution is 5.73. The molecule has 0 bridgehead atoms. The molecule has 0 amide bonds. The minimum atomic E-state index is -0.940. The van der Waals surface area contributed by atoms with Crippen molar-refractivity contribution in [2.45, 2.75) is 25.9 Å². The van der Waals surface area contributed by atoms with Gasteiger partial charge in [0.15, 0.2) is 6.10 Å². The molecule has 94 valence electrons. The lowest BCUT2D eigenvalue weighted by molar-refractivity contribution is -0.150. The van der Waals surface area contributed by atoms with Crippen molar-refractivity contribution < 1.29 is 19.4 Å². The zero-order valence-electron chi connectivity index (χ0n) is 10.2. The van der Waals surface area contributed by atoms with Gasteiger partial charge in [-0.2, -0.15) is 0 Å². The molecule has 1 atom stereocenters. The van der Waals surface area contributed by atoms with Crippen LogP contribution in [0.4, 0.5) is 0 Å². The van der Waals surface area contributed by atoms with E-state index in [1.54, 1.807) is 7.11 Å². The predicted molar refractivity (Wildman–Crippen MR) is 64.4 cm³/mol. The van der Waals surface area contributed by atoms with Crippen molar-refractivity contribution in [1.82, 2.24) is 0 Å². The summed E-state index contributed by atoms with van der Waals surface area (Å²) in [5.74, 6) is -0.247. The number of methoxy groups -OCH3 is 1. The molecular weight excluding hydrogens is 220 g/mol. The van der Waals surface area contributed by atoms with Gasteiger partial charge in [-0.3, -0.25) is 0 Å². The van der Waals surface area contributed by atoms with Gasteiger partial charge in [-0.25, -0.2) is 4.79 Å². The molecule has 1 rings (SSSR count). The van der Waals surface area contributed by atoms with Crippen LogP contribution in [0.25, 0.3) is 0 Å². The van der Waals surface area contributed by atoms with Gasteiger partial charge in [-0.05, 0) is 18.1 Å². The molecular formula is C13H18O4. The molecule has 0 radical (unpaired) electrons. The van der Waals surface area contributed by atoms with Gasteiger partial charge in [0.2, 0.25) is 0 Å². The molecule has 1 unspecified atom stereocenters. The number of carbonyl (C=O) groups is 1. The first-order valence-electron chi connectivity index (χ1n) is 5.65. The fourth-order valence-electron chi connectivity index (χ4n) is 1.55. The van der Waals surface area contributed by atoms with Gasteiger partial charge in [-0.15, -0.1) is 0 Å². The summed E-state index contributed by atoms with van der Waals surface area (Å²) < 4.78 is 10.5. The van der Waals surface area contributed by atoms with E-state index in [1.807, 2.05) is 31.2 Å². The summed E-state index contributed by atoms with van der Waals surface area (Å²) in [4.78, 5) is 11.0. The SMILES string of the molecule is CCCOC(Cc1ccccc1OC)C(=O)O. The van der Waals surface area contributed by atoms with Crippen LogP contribution in [-0.4, -0.2) is 30.9 Å². The fraction of sp³-hybridized carbons (Fsp3) is 0.462. The Kier molecular flexibility index (Phi) is 5.49. The van der Waals surface area contributed by atoms with E-state index in [-0.39, 0.29) is 0 Å². The standard InChI is InChI=1S/C13H18O4/c1-3-8-17-12(13(14)15)9-10-6-4-5-7-11(10)16-2/h4-7,12H,3,8-9H2,1-2H3,(H,14,15). The van der Waals surface area contributed by atoms with Crippen LogP contribution in [0.2, 0.25) is 0 Å². The molecule has 1 aromatic rings. The largest absolute Gasteiger partial charge is 0.496 e. The monoisotopic (exact) mass is 238 g/mol. The number of benzene rings is 1. The van der Waals surface area contributed by atoms with Crippen molar-refractivity contribution in [2.24, 2.45) is 0 Å². The van der Waals surface area contributed by atoms with Crippen LogP contribution in [0.1, 0.15) is 18.9 Å². The van der Waals surface area contributed by atoms with Gasteiger partial charge in [0.05, 0.1) is 7.11 Å². The Morgan fingerprint density at radius 3 is 2.71 bits per heavy atom. The highest BCUT2D eigenvalue weighted by atomic mass is 16.5. The summed E-state index contributed by atoms with van der Waals surface area (Å²) in [6, 6.07) is 7.37. The number of carboxylic acid groups (broad SMARTS) is 1. The molecule has 0 saturated heterocycles. The van der Waals surface area contributed by atoms with Gasteiger partial charge in [0.25, 0.3) is 0 Å². The van der Waals surface area contributed by atoms with Crippen LogP contribution in [0.15, 0.2) is 24.3 Å². The van der Waals surface area contributed by atoms with Gasteiger partial charge >= 0.3 is 5.97 Å². The summed E-state index contributed by atoms with van der Waals surface area (Å²) in [5.41, 5.74) is 0.846. The van der Waals surface area contributed by atoms with E-state index < -0.39 is 12.1 Å². The number of para-hydroxylation sites is 1. The number of ether oxygens (including phenoxy) is 2. The van der Waals surface area contributed by atoms with Crippen molar-refractivity contribution in [3.05, 3.63) is 29.8 Å². The number of hydrogen-bond donors (Lipinski definition) is 1. The molecule has 0 saturated carbocycles. The van der Waals surface area contributed by atoms with Gasteiger partial charge in [-0.1, -0.05) is 25.1 Å². The lowest BCUT2D eigenvalue weighted by atomic mass is 10.1. The Morgan fingerprint density at radius 2 is 2.12 bits per heavy atom. The molecule has 1 N–H and O–H groups in total. The van der Waals surface area contributed by atoms with E-state index in [2.05, 4.69) is 0 Å². The predicted octanol–water partition coefficient (Wildman–Crippen LogP) is 2.12. The van der Waals surface area contributed by atoms with Crippen molar-refractivity contribution in [3.63, 3.8) is 0 Å². The summed E-state index contributed by atoms with van der Waals surface area (Å²) in [7, 11) is 1.57. The van der Waals surface area contributed by atoms with Crippen molar-refractivity contribution in [3.8, 4) is 5.75 Å². The van der Waals surface area contributed by atoms with E-state index in [9.17, 15) is 4.79 Å². The van der Waals surface area contributed by atoms with Crippen LogP contribution in [-0.2, 0) is 16.0 Å². The Labute approximate surface area is 101 Å². The van der Waals surface area contributed by atoms with Crippen molar-refractivity contribution in [2.75, 3.05) is 13.7 Å². The number of carboxylic acids is 1. The van der Waals surface area contributed by atoms with Gasteiger partial charge < -0.3 is 14.6 Å². The van der Waals surface area contributed by atoms with E-state index >= 15 is 0 Å². The highest BCUT2D eigenvalue weighted by Gasteiger charge is 2.19. The Hall–Kier alpha value is -1.55. The summed E-state index contributed by atoms with van der Waals surface area (Å²) in [6.07, 6.45) is 0.306. The molecule has 0 fully saturated rings. The van der Waals surface area contributed by atoms with E-state index in [0.717, 1.165) is 12.0 Å². The maximum Gasteiger partial charge on any atom is 0.333 e. The lowest BCUT2D eigenvalue weighted by Crippen LogP contribution is -2.26. The maximum atomic E-state index is 11.0. The van der Waals surface area contributed by atoms with E-state index in [0.29, 0.717) is 18.8 Å². The zero-order valence-corrected chi connectivity index (χ0v) is 10.2. The Morgan fingerprint density at radius 1 is 1.41 bits per heavy atom. The summed E-state index contributed by atoms with van der Waals surface area (Å²) in [6.45, 7) is 2.40. The van der Waals surface area contributed by atoms with Crippen LogP contribution in [0.5, 0.6) is 5.75 Å². The normalized spacial score (nSPS) is 12.1. The van der Waals surface area contributed by atoms with Crippen LogP contribution >= 0.6 is 0 Å². The van der Waals surface area contributed by atoms with Crippen molar-refractivity contribution in [1.29, 1.82) is 0 Å². The van der Waals surface area contributed by atoms with E-state index in [1.165, 1.54) is 0 Å². The molecule has 4 heteroatoms. The summed E-state index contributed by atoms with van der Waals surface area (Å²) >= 11 is 0.